The Bertz CT molecular complexity index is 570. The van der Waals surface area contributed by atoms with E-state index in [1.807, 2.05) is 12.2 Å². The number of nitrogens with one attached hydrogen (secondary N) is 2. The lowest BCUT2D eigenvalue weighted by molar-refractivity contribution is 0.00355. The number of hydrogen-bond donors (Lipinski definition) is 2. The number of rotatable bonds is 3. The summed E-state index contributed by atoms with van der Waals surface area (Å²) < 4.78 is 19.4. The first-order valence-electron chi connectivity index (χ1n) is 7.01. The number of anilines is 1. The van der Waals surface area contributed by atoms with E-state index in [2.05, 4.69) is 21.7 Å². The Hall–Kier alpha value is -1.43. The molecule has 1 aromatic rings. The molecule has 1 aliphatic heterocycles. The Morgan fingerprint density at radius 2 is 2.38 bits per heavy atom. The van der Waals surface area contributed by atoms with Crippen molar-refractivity contribution >= 4 is 17.4 Å². The molecule has 4 nitrogen and oxygen atoms in total. The maximum atomic E-state index is 13.7. The van der Waals surface area contributed by atoms with Gasteiger partial charge in [0.15, 0.2) is 11.6 Å². The molecule has 2 aliphatic rings. The monoisotopic (exact) mass is 309 g/mol. The van der Waals surface area contributed by atoms with Crippen molar-refractivity contribution in [1.29, 1.82) is 0 Å². The third kappa shape index (κ3) is 3.61. The van der Waals surface area contributed by atoms with Crippen molar-refractivity contribution in [3.8, 4) is 0 Å². The Labute approximate surface area is 128 Å². The summed E-state index contributed by atoms with van der Waals surface area (Å²) in [5, 5.41) is 6.59. The van der Waals surface area contributed by atoms with Gasteiger partial charge in [0.1, 0.15) is 0 Å². The highest BCUT2D eigenvalue weighted by Crippen LogP contribution is 2.24. The van der Waals surface area contributed by atoms with Gasteiger partial charge in [-0.05, 0) is 18.6 Å². The molecule has 3 rings (SSSR count). The van der Waals surface area contributed by atoms with Gasteiger partial charge in [-0.15, -0.1) is 0 Å². The minimum atomic E-state index is -0.460. The molecule has 1 saturated heterocycles. The molecule has 2 heterocycles. The second kappa shape index (κ2) is 6.56. The van der Waals surface area contributed by atoms with E-state index >= 15 is 0 Å². The van der Waals surface area contributed by atoms with Crippen LogP contribution in [0.25, 0.3) is 0 Å². The predicted octanol–water partition coefficient (Wildman–Crippen LogP) is 2.73. The van der Waals surface area contributed by atoms with E-state index in [-0.39, 0.29) is 16.9 Å². The summed E-state index contributed by atoms with van der Waals surface area (Å²) in [6.45, 7) is 2.54. The van der Waals surface area contributed by atoms with E-state index in [0.29, 0.717) is 5.92 Å². The van der Waals surface area contributed by atoms with Crippen LogP contribution in [-0.4, -0.2) is 30.8 Å². The number of nitrogens with zero attached hydrogens (tertiary/aromatic N) is 1. The Morgan fingerprint density at radius 1 is 1.48 bits per heavy atom. The van der Waals surface area contributed by atoms with Crippen molar-refractivity contribution in [1.82, 2.24) is 10.3 Å². The number of morpholine rings is 1. The molecule has 112 valence electrons. The van der Waals surface area contributed by atoms with Crippen molar-refractivity contribution in [2.24, 2.45) is 5.92 Å². The van der Waals surface area contributed by atoms with Gasteiger partial charge in [-0.1, -0.05) is 23.8 Å². The van der Waals surface area contributed by atoms with Gasteiger partial charge < -0.3 is 15.4 Å². The summed E-state index contributed by atoms with van der Waals surface area (Å²) >= 11 is 5.69. The molecule has 0 saturated carbocycles. The Kier molecular flexibility index (Phi) is 4.53. The van der Waals surface area contributed by atoms with Crippen molar-refractivity contribution in [3.05, 3.63) is 47.0 Å². The SMILES string of the molecule is Fc1cc(Cl)cnc1NC1=CCC([C@H]2CNCCO2)C=C1. The molecular formula is C15H17ClFN3O. The molecule has 2 atom stereocenters. The van der Waals surface area contributed by atoms with E-state index in [9.17, 15) is 4.39 Å². The largest absolute Gasteiger partial charge is 0.375 e. The fraction of sp³-hybridized carbons (Fsp3) is 0.400. The van der Waals surface area contributed by atoms with Gasteiger partial charge in [-0.2, -0.15) is 0 Å². The third-order valence-electron chi connectivity index (χ3n) is 3.64. The van der Waals surface area contributed by atoms with Gasteiger partial charge in [0.05, 0.1) is 17.7 Å². The Balaban J connectivity index is 1.61. The lowest BCUT2D eigenvalue weighted by Crippen LogP contribution is -2.42. The van der Waals surface area contributed by atoms with E-state index in [4.69, 9.17) is 16.3 Å². The van der Waals surface area contributed by atoms with Crippen LogP contribution in [0.3, 0.4) is 0 Å². The first-order valence-corrected chi connectivity index (χ1v) is 7.39. The van der Waals surface area contributed by atoms with Crippen LogP contribution in [-0.2, 0) is 4.74 Å². The van der Waals surface area contributed by atoms with Crippen LogP contribution in [0.4, 0.5) is 10.2 Å². The van der Waals surface area contributed by atoms with Crippen LogP contribution < -0.4 is 10.6 Å². The van der Waals surface area contributed by atoms with Crippen molar-refractivity contribution in [3.63, 3.8) is 0 Å². The average molecular weight is 310 g/mol. The lowest BCUT2D eigenvalue weighted by atomic mass is 9.93. The van der Waals surface area contributed by atoms with Crippen LogP contribution >= 0.6 is 11.6 Å². The third-order valence-corrected chi connectivity index (χ3v) is 3.84. The topological polar surface area (TPSA) is 46.2 Å². The van der Waals surface area contributed by atoms with Gasteiger partial charge in [0.25, 0.3) is 0 Å². The number of hydrogen-bond acceptors (Lipinski definition) is 4. The quantitative estimate of drug-likeness (QED) is 0.901. The molecule has 1 fully saturated rings. The van der Waals surface area contributed by atoms with E-state index in [1.165, 1.54) is 12.3 Å². The first kappa shape index (κ1) is 14.5. The van der Waals surface area contributed by atoms with E-state index in [0.717, 1.165) is 31.8 Å². The molecule has 0 bridgehead atoms. The second-order valence-electron chi connectivity index (χ2n) is 5.14. The number of allylic oxidation sites excluding steroid dienone is 2. The summed E-state index contributed by atoms with van der Waals surface area (Å²) in [5.74, 6) is 0.0782. The second-order valence-corrected chi connectivity index (χ2v) is 5.58. The minimum Gasteiger partial charge on any atom is -0.375 e. The van der Waals surface area contributed by atoms with Crippen LogP contribution in [0.2, 0.25) is 5.02 Å². The van der Waals surface area contributed by atoms with E-state index < -0.39 is 5.82 Å². The normalized spacial score (nSPS) is 25.5. The van der Waals surface area contributed by atoms with Gasteiger partial charge in [-0.3, -0.25) is 0 Å². The zero-order valence-corrected chi connectivity index (χ0v) is 12.2. The zero-order chi connectivity index (χ0) is 14.7. The summed E-state index contributed by atoms with van der Waals surface area (Å²) in [4.78, 5) is 3.95. The fourth-order valence-electron chi connectivity index (χ4n) is 2.51. The summed E-state index contributed by atoms with van der Waals surface area (Å²) in [5.41, 5.74) is 0.837. The molecule has 21 heavy (non-hydrogen) atoms. The molecule has 0 radical (unpaired) electrons. The highest BCUT2D eigenvalue weighted by molar-refractivity contribution is 6.30. The van der Waals surface area contributed by atoms with Gasteiger partial charge in [-0.25, -0.2) is 9.37 Å². The lowest BCUT2D eigenvalue weighted by Gasteiger charge is -2.30. The maximum absolute atomic E-state index is 13.7. The van der Waals surface area contributed by atoms with Crippen molar-refractivity contribution < 1.29 is 9.13 Å². The molecule has 1 unspecified atom stereocenters. The highest BCUT2D eigenvalue weighted by Gasteiger charge is 2.23. The summed E-state index contributed by atoms with van der Waals surface area (Å²) in [7, 11) is 0. The van der Waals surface area contributed by atoms with Gasteiger partial charge >= 0.3 is 0 Å². The van der Waals surface area contributed by atoms with Crippen LogP contribution in [0, 0.1) is 11.7 Å². The van der Waals surface area contributed by atoms with Gasteiger partial charge in [0, 0.05) is 30.9 Å². The number of aromatic nitrogens is 1. The molecule has 2 N–H and O–H groups in total. The minimum absolute atomic E-state index is 0.185. The molecule has 0 amide bonds. The molecule has 6 heteroatoms. The van der Waals surface area contributed by atoms with Crippen molar-refractivity contribution in [2.75, 3.05) is 25.0 Å². The van der Waals surface area contributed by atoms with Crippen LogP contribution in [0.5, 0.6) is 0 Å². The first-order chi connectivity index (χ1) is 10.2. The summed E-state index contributed by atoms with van der Waals surface area (Å²) in [6, 6.07) is 1.24. The smallest absolute Gasteiger partial charge is 0.167 e. The molecular weight excluding hydrogens is 293 g/mol. The number of ether oxygens (including phenoxy) is 1. The highest BCUT2D eigenvalue weighted by atomic mass is 35.5. The average Bonchev–Trinajstić information content (AvgIpc) is 2.52. The Morgan fingerprint density at radius 3 is 3.05 bits per heavy atom. The van der Waals surface area contributed by atoms with E-state index in [1.54, 1.807) is 0 Å². The van der Waals surface area contributed by atoms with Crippen LogP contribution in [0.15, 0.2) is 36.2 Å². The maximum Gasteiger partial charge on any atom is 0.167 e. The standard InChI is InChI=1S/C15H17ClFN3O/c16-11-7-13(17)15(19-8-11)20-12-3-1-10(2-4-12)14-9-18-5-6-21-14/h1,3-4,7-8,10,14,18H,2,5-6,9H2,(H,19,20)/t10?,14-/m1/s1. The summed E-state index contributed by atoms with van der Waals surface area (Å²) in [6.07, 6.45) is 8.58. The molecule has 0 spiro atoms. The van der Waals surface area contributed by atoms with Crippen molar-refractivity contribution in [2.45, 2.75) is 12.5 Å². The molecule has 1 aromatic heterocycles. The fourth-order valence-corrected chi connectivity index (χ4v) is 2.65. The van der Waals surface area contributed by atoms with Crippen LogP contribution in [0.1, 0.15) is 6.42 Å². The number of pyridine rings is 1. The molecule has 1 aliphatic carbocycles. The molecule has 0 aromatic carbocycles. The predicted molar refractivity (Wildman–Crippen MR) is 80.8 cm³/mol. The van der Waals surface area contributed by atoms with Gasteiger partial charge in [0.2, 0.25) is 0 Å². The zero-order valence-electron chi connectivity index (χ0n) is 11.5. The number of halogens is 2.